The molecule has 0 aliphatic rings. The van der Waals surface area contributed by atoms with Gasteiger partial charge in [0.25, 0.3) is 0 Å². The number of carbonyl (C=O) groups is 1. The van der Waals surface area contributed by atoms with Crippen molar-refractivity contribution in [3.05, 3.63) is 0 Å². The molecular weight excluding hydrogens is 184 g/mol. The van der Waals surface area contributed by atoms with Gasteiger partial charge in [-0.15, -0.1) is 0 Å². The van der Waals surface area contributed by atoms with Gasteiger partial charge in [-0.25, -0.2) is 0 Å². The minimum absolute atomic E-state index is 0.343. The molecule has 0 aromatic heterocycles. The van der Waals surface area contributed by atoms with Crippen LogP contribution in [0.25, 0.3) is 0 Å². The average molecular weight is 212 g/mol. The highest BCUT2D eigenvalue weighted by molar-refractivity contribution is 5.78. The first-order chi connectivity index (χ1) is 6.74. The topological polar surface area (TPSA) is 17.1 Å². The van der Waals surface area contributed by atoms with Crippen molar-refractivity contribution in [1.29, 1.82) is 0 Å². The van der Waals surface area contributed by atoms with E-state index in [2.05, 4.69) is 41.5 Å². The zero-order valence-electron chi connectivity index (χ0n) is 11.4. The lowest BCUT2D eigenvalue weighted by Gasteiger charge is -2.23. The molecule has 90 valence electrons. The van der Waals surface area contributed by atoms with Gasteiger partial charge in [0.15, 0.2) is 0 Å². The highest BCUT2D eigenvalue weighted by Gasteiger charge is 2.18. The van der Waals surface area contributed by atoms with E-state index in [4.69, 9.17) is 0 Å². The van der Waals surface area contributed by atoms with Crippen LogP contribution in [-0.2, 0) is 4.79 Å². The minimum Gasteiger partial charge on any atom is -0.300 e. The van der Waals surface area contributed by atoms with Crippen molar-refractivity contribution in [2.24, 2.45) is 17.3 Å². The molecule has 15 heavy (non-hydrogen) atoms. The average Bonchev–Trinajstić information content (AvgIpc) is 1.99. The molecule has 0 N–H and O–H groups in total. The Morgan fingerprint density at radius 3 is 1.93 bits per heavy atom. The first-order valence-corrected chi connectivity index (χ1v) is 6.26. The van der Waals surface area contributed by atoms with Crippen LogP contribution in [0.4, 0.5) is 0 Å². The van der Waals surface area contributed by atoms with Crippen molar-refractivity contribution in [3.8, 4) is 0 Å². The van der Waals surface area contributed by atoms with Crippen LogP contribution >= 0.6 is 0 Å². The molecule has 0 radical (unpaired) electrons. The number of rotatable bonds is 6. The Bertz CT molecular complexity index is 188. The van der Waals surface area contributed by atoms with E-state index in [9.17, 15) is 4.79 Å². The van der Waals surface area contributed by atoms with Crippen molar-refractivity contribution in [3.63, 3.8) is 0 Å². The Balaban J connectivity index is 3.87. The van der Waals surface area contributed by atoms with Crippen molar-refractivity contribution < 1.29 is 4.79 Å². The van der Waals surface area contributed by atoms with Crippen molar-refractivity contribution in [1.82, 2.24) is 0 Å². The smallest absolute Gasteiger partial charge is 0.133 e. The van der Waals surface area contributed by atoms with Gasteiger partial charge in [-0.2, -0.15) is 0 Å². The first kappa shape index (κ1) is 14.7. The summed E-state index contributed by atoms with van der Waals surface area (Å²) in [6.07, 6.45) is 3.78. The summed E-state index contributed by atoms with van der Waals surface area (Å²) in [5.74, 6) is 1.53. The number of hydrogen-bond acceptors (Lipinski definition) is 1. The van der Waals surface area contributed by atoms with E-state index in [0.717, 1.165) is 25.7 Å². The highest BCUT2D eigenvalue weighted by Crippen LogP contribution is 2.26. The van der Waals surface area contributed by atoms with Crippen LogP contribution in [0.2, 0.25) is 0 Å². The van der Waals surface area contributed by atoms with E-state index in [1.54, 1.807) is 0 Å². The van der Waals surface area contributed by atoms with Crippen LogP contribution in [0.3, 0.4) is 0 Å². The predicted molar refractivity (Wildman–Crippen MR) is 66.9 cm³/mol. The van der Waals surface area contributed by atoms with Crippen LogP contribution in [-0.4, -0.2) is 5.78 Å². The third kappa shape index (κ3) is 8.65. The van der Waals surface area contributed by atoms with Gasteiger partial charge < -0.3 is 0 Å². The molecule has 0 amide bonds. The fourth-order valence-electron chi connectivity index (χ4n) is 2.12. The van der Waals surface area contributed by atoms with E-state index in [1.807, 2.05) is 0 Å². The van der Waals surface area contributed by atoms with E-state index in [0.29, 0.717) is 23.0 Å². The lowest BCUT2D eigenvalue weighted by atomic mass is 9.82. The molecule has 0 saturated heterocycles. The molecule has 0 heterocycles. The summed E-state index contributed by atoms with van der Waals surface area (Å²) in [6.45, 7) is 13.2. The van der Waals surface area contributed by atoms with Gasteiger partial charge in [-0.3, -0.25) is 4.79 Å². The van der Waals surface area contributed by atoms with E-state index in [1.165, 1.54) is 0 Å². The van der Waals surface area contributed by atoms with E-state index >= 15 is 0 Å². The third-order valence-corrected chi connectivity index (χ3v) is 2.81. The SMILES string of the molecule is CCC(C)CC(=O)CC(C)CC(C)(C)C. The van der Waals surface area contributed by atoms with Gasteiger partial charge in [0.2, 0.25) is 0 Å². The molecule has 2 atom stereocenters. The number of ketones is 1. The Hall–Kier alpha value is -0.330. The number of carbonyl (C=O) groups excluding carboxylic acids is 1. The van der Waals surface area contributed by atoms with Crippen molar-refractivity contribution in [2.75, 3.05) is 0 Å². The zero-order chi connectivity index (χ0) is 12.1. The van der Waals surface area contributed by atoms with Crippen molar-refractivity contribution in [2.45, 2.75) is 67.2 Å². The number of hydrogen-bond donors (Lipinski definition) is 0. The molecule has 1 nitrogen and oxygen atoms in total. The fourth-order valence-corrected chi connectivity index (χ4v) is 2.12. The lowest BCUT2D eigenvalue weighted by Crippen LogP contribution is -2.15. The summed E-state index contributed by atoms with van der Waals surface area (Å²) in [7, 11) is 0. The van der Waals surface area contributed by atoms with Gasteiger partial charge in [-0.05, 0) is 23.7 Å². The maximum Gasteiger partial charge on any atom is 0.133 e. The second-order valence-electron chi connectivity index (χ2n) is 6.33. The molecule has 0 aromatic carbocycles. The van der Waals surface area contributed by atoms with Gasteiger partial charge in [0.05, 0.1) is 0 Å². The Morgan fingerprint density at radius 2 is 1.53 bits per heavy atom. The summed E-state index contributed by atoms with van der Waals surface area (Å²) in [5, 5.41) is 0. The second-order valence-corrected chi connectivity index (χ2v) is 6.33. The molecule has 0 saturated carbocycles. The molecule has 0 bridgehead atoms. The molecule has 0 fully saturated rings. The molecule has 0 rings (SSSR count). The quantitative estimate of drug-likeness (QED) is 0.635. The summed E-state index contributed by atoms with van der Waals surface area (Å²) in [4.78, 5) is 11.7. The molecule has 0 aromatic rings. The minimum atomic E-state index is 0.343. The Kier molecular flexibility index (Phi) is 6.16. The van der Waals surface area contributed by atoms with Crippen LogP contribution in [0.5, 0.6) is 0 Å². The number of Topliss-reactive ketones (excluding diaryl/α,β-unsaturated/α-hetero) is 1. The monoisotopic (exact) mass is 212 g/mol. The molecule has 1 heteroatoms. The van der Waals surface area contributed by atoms with Crippen LogP contribution < -0.4 is 0 Å². The van der Waals surface area contributed by atoms with Crippen LogP contribution in [0.15, 0.2) is 0 Å². The molecule has 0 aliphatic carbocycles. The Morgan fingerprint density at radius 1 is 1.07 bits per heavy atom. The van der Waals surface area contributed by atoms with Gasteiger partial charge in [0, 0.05) is 12.8 Å². The van der Waals surface area contributed by atoms with Crippen molar-refractivity contribution >= 4 is 5.78 Å². The normalized spacial score (nSPS) is 16.1. The summed E-state index contributed by atoms with van der Waals surface area (Å²) >= 11 is 0. The highest BCUT2D eigenvalue weighted by atomic mass is 16.1. The molecule has 0 spiro atoms. The molecular formula is C14H28O. The maximum absolute atomic E-state index is 11.7. The zero-order valence-corrected chi connectivity index (χ0v) is 11.4. The van der Waals surface area contributed by atoms with Crippen LogP contribution in [0.1, 0.15) is 67.2 Å². The molecule has 2 unspecified atom stereocenters. The molecule has 0 aliphatic heterocycles. The largest absolute Gasteiger partial charge is 0.300 e. The van der Waals surface area contributed by atoms with E-state index < -0.39 is 0 Å². The summed E-state index contributed by atoms with van der Waals surface area (Å²) in [6, 6.07) is 0. The maximum atomic E-state index is 11.7. The predicted octanol–water partition coefficient (Wildman–Crippen LogP) is 4.45. The van der Waals surface area contributed by atoms with E-state index in [-0.39, 0.29) is 0 Å². The first-order valence-electron chi connectivity index (χ1n) is 6.26. The third-order valence-electron chi connectivity index (χ3n) is 2.81. The summed E-state index contributed by atoms with van der Waals surface area (Å²) in [5.41, 5.74) is 0.343. The van der Waals surface area contributed by atoms with Gasteiger partial charge in [-0.1, -0.05) is 48.0 Å². The Labute approximate surface area is 95.6 Å². The summed E-state index contributed by atoms with van der Waals surface area (Å²) < 4.78 is 0. The second kappa shape index (κ2) is 6.30. The fraction of sp³-hybridized carbons (Fsp3) is 0.929. The van der Waals surface area contributed by atoms with Gasteiger partial charge in [0.1, 0.15) is 5.78 Å². The standard InChI is InChI=1S/C14H28O/c1-7-11(2)8-13(15)9-12(3)10-14(4,5)6/h11-12H,7-10H2,1-6H3. The van der Waals surface area contributed by atoms with Gasteiger partial charge >= 0.3 is 0 Å². The lowest BCUT2D eigenvalue weighted by molar-refractivity contribution is -0.120. The van der Waals surface area contributed by atoms with Crippen LogP contribution in [0, 0.1) is 17.3 Å².